The Morgan fingerprint density at radius 3 is 2.07 bits per heavy atom. The Morgan fingerprint density at radius 1 is 1.20 bits per heavy atom. The molecular weight excluding hydrogens is 184 g/mol. The monoisotopic (exact) mass is 214 g/mol. The van der Waals surface area contributed by atoms with Gasteiger partial charge in [-0.3, -0.25) is 0 Å². The average molecular weight is 214 g/mol. The van der Waals surface area contributed by atoms with Crippen LogP contribution >= 0.6 is 0 Å². The highest BCUT2D eigenvalue weighted by molar-refractivity contribution is 4.79. The van der Waals surface area contributed by atoms with Crippen LogP contribution in [0.3, 0.4) is 0 Å². The number of nitrogens with zero attached hydrogens (tertiary/aromatic N) is 1. The summed E-state index contributed by atoms with van der Waals surface area (Å²) in [5.74, 6) is 0.763. The van der Waals surface area contributed by atoms with Crippen molar-refractivity contribution in [2.75, 3.05) is 19.6 Å². The summed E-state index contributed by atoms with van der Waals surface area (Å²) in [6.07, 6.45) is 1.25. The number of hydrogen-bond acceptors (Lipinski definition) is 2. The van der Waals surface area contributed by atoms with Crippen molar-refractivity contribution in [3.05, 3.63) is 0 Å². The molecule has 2 nitrogen and oxygen atoms in total. The van der Waals surface area contributed by atoms with E-state index in [-0.39, 0.29) is 5.41 Å². The first-order chi connectivity index (χ1) is 6.87. The zero-order valence-electron chi connectivity index (χ0n) is 11.5. The molecule has 0 saturated heterocycles. The van der Waals surface area contributed by atoms with Gasteiger partial charge in [-0.05, 0) is 31.3 Å². The summed E-state index contributed by atoms with van der Waals surface area (Å²) >= 11 is 0. The fourth-order valence-electron chi connectivity index (χ4n) is 1.86. The van der Waals surface area contributed by atoms with Crippen molar-refractivity contribution >= 4 is 0 Å². The van der Waals surface area contributed by atoms with Crippen molar-refractivity contribution in [2.24, 2.45) is 17.1 Å². The molecule has 0 aromatic heterocycles. The molecule has 0 rings (SSSR count). The van der Waals surface area contributed by atoms with E-state index in [1.54, 1.807) is 0 Å². The zero-order chi connectivity index (χ0) is 12.1. The lowest BCUT2D eigenvalue weighted by Gasteiger charge is -2.37. The van der Waals surface area contributed by atoms with Crippen LogP contribution in [0.2, 0.25) is 0 Å². The Hall–Kier alpha value is -0.0800. The molecule has 2 unspecified atom stereocenters. The molecule has 15 heavy (non-hydrogen) atoms. The van der Waals surface area contributed by atoms with Crippen molar-refractivity contribution < 1.29 is 0 Å². The highest BCUT2D eigenvalue weighted by Gasteiger charge is 2.24. The third-order valence-electron chi connectivity index (χ3n) is 3.63. The normalized spacial score (nSPS) is 16.8. The Morgan fingerprint density at radius 2 is 1.73 bits per heavy atom. The zero-order valence-corrected chi connectivity index (χ0v) is 11.5. The summed E-state index contributed by atoms with van der Waals surface area (Å²) in [6, 6.07) is 0.658. The number of nitrogens with two attached hydrogens (primary N) is 1. The van der Waals surface area contributed by atoms with Crippen LogP contribution in [-0.4, -0.2) is 30.6 Å². The summed E-state index contributed by atoms with van der Waals surface area (Å²) in [6.45, 7) is 16.7. The van der Waals surface area contributed by atoms with Crippen molar-refractivity contribution in [1.29, 1.82) is 0 Å². The summed E-state index contributed by atoms with van der Waals surface area (Å²) in [4.78, 5) is 2.56. The standard InChI is InChI=1S/C13H30N2/c1-7-11(3)12(4)15(8-2)10-13(5,6)9-14/h11-12H,7-10,14H2,1-6H3. The van der Waals surface area contributed by atoms with Crippen LogP contribution < -0.4 is 5.73 Å². The summed E-state index contributed by atoms with van der Waals surface area (Å²) < 4.78 is 0. The van der Waals surface area contributed by atoms with Gasteiger partial charge in [0.2, 0.25) is 0 Å². The van der Waals surface area contributed by atoms with Gasteiger partial charge < -0.3 is 10.6 Å². The minimum absolute atomic E-state index is 0.234. The first-order valence-corrected chi connectivity index (χ1v) is 6.32. The number of rotatable bonds is 7. The first kappa shape index (κ1) is 14.9. The molecule has 2 N–H and O–H groups in total. The van der Waals surface area contributed by atoms with E-state index in [1.807, 2.05) is 0 Å². The second-order valence-electron chi connectivity index (χ2n) is 5.56. The Kier molecular flexibility index (Phi) is 6.46. The molecule has 0 bridgehead atoms. The molecule has 0 aromatic rings. The van der Waals surface area contributed by atoms with Crippen molar-refractivity contribution in [1.82, 2.24) is 4.90 Å². The average Bonchev–Trinajstić information content (AvgIpc) is 2.23. The van der Waals surface area contributed by atoms with E-state index in [2.05, 4.69) is 46.4 Å². The van der Waals surface area contributed by atoms with Gasteiger partial charge >= 0.3 is 0 Å². The van der Waals surface area contributed by atoms with Gasteiger partial charge in [-0.15, -0.1) is 0 Å². The summed E-state index contributed by atoms with van der Waals surface area (Å²) in [5.41, 5.74) is 6.03. The van der Waals surface area contributed by atoms with Crippen LogP contribution in [0.15, 0.2) is 0 Å². The molecule has 2 atom stereocenters. The highest BCUT2D eigenvalue weighted by atomic mass is 15.2. The van der Waals surface area contributed by atoms with Gasteiger partial charge in [-0.2, -0.15) is 0 Å². The molecular formula is C13H30N2. The molecule has 0 heterocycles. The predicted molar refractivity (Wildman–Crippen MR) is 69.0 cm³/mol. The first-order valence-electron chi connectivity index (χ1n) is 6.32. The third kappa shape index (κ3) is 4.98. The fourth-order valence-corrected chi connectivity index (χ4v) is 1.86. The van der Waals surface area contributed by atoms with Gasteiger partial charge in [0.05, 0.1) is 0 Å². The van der Waals surface area contributed by atoms with Gasteiger partial charge in [-0.25, -0.2) is 0 Å². The van der Waals surface area contributed by atoms with Crippen LogP contribution in [0.1, 0.15) is 48.0 Å². The van der Waals surface area contributed by atoms with Gasteiger partial charge in [0.1, 0.15) is 0 Å². The summed E-state index contributed by atoms with van der Waals surface area (Å²) in [7, 11) is 0. The van der Waals surface area contributed by atoms with Gasteiger partial charge in [0.15, 0.2) is 0 Å². The quantitative estimate of drug-likeness (QED) is 0.706. The van der Waals surface area contributed by atoms with E-state index in [9.17, 15) is 0 Å². The topological polar surface area (TPSA) is 29.3 Å². The Bertz CT molecular complexity index is 166. The Balaban J connectivity index is 4.36. The molecule has 0 aliphatic carbocycles. The maximum Gasteiger partial charge on any atom is 0.00925 e. The fraction of sp³-hybridized carbons (Fsp3) is 1.00. The smallest absolute Gasteiger partial charge is 0.00925 e. The van der Waals surface area contributed by atoms with Crippen molar-refractivity contribution in [3.8, 4) is 0 Å². The third-order valence-corrected chi connectivity index (χ3v) is 3.63. The minimum Gasteiger partial charge on any atom is -0.330 e. The van der Waals surface area contributed by atoms with Gasteiger partial charge in [0, 0.05) is 12.6 Å². The van der Waals surface area contributed by atoms with E-state index in [4.69, 9.17) is 5.73 Å². The largest absolute Gasteiger partial charge is 0.330 e. The molecule has 0 radical (unpaired) electrons. The molecule has 0 saturated carbocycles. The molecule has 2 heteroatoms. The molecule has 92 valence electrons. The van der Waals surface area contributed by atoms with Crippen molar-refractivity contribution in [3.63, 3.8) is 0 Å². The predicted octanol–water partition coefficient (Wildman–Crippen LogP) is 2.73. The van der Waals surface area contributed by atoms with Crippen LogP contribution in [0.4, 0.5) is 0 Å². The van der Waals surface area contributed by atoms with E-state index in [0.29, 0.717) is 6.04 Å². The van der Waals surface area contributed by atoms with E-state index >= 15 is 0 Å². The maximum absolute atomic E-state index is 5.79. The highest BCUT2D eigenvalue weighted by Crippen LogP contribution is 2.20. The SMILES string of the molecule is CCC(C)C(C)N(CC)CC(C)(C)CN. The van der Waals surface area contributed by atoms with Gasteiger partial charge in [0.25, 0.3) is 0 Å². The molecule has 0 spiro atoms. The van der Waals surface area contributed by atoms with E-state index in [1.165, 1.54) is 6.42 Å². The molecule has 0 amide bonds. The second kappa shape index (κ2) is 6.49. The van der Waals surface area contributed by atoms with E-state index < -0.39 is 0 Å². The van der Waals surface area contributed by atoms with Crippen LogP contribution in [0.25, 0.3) is 0 Å². The minimum atomic E-state index is 0.234. The van der Waals surface area contributed by atoms with Crippen molar-refractivity contribution in [2.45, 2.75) is 54.0 Å². The molecule has 0 aliphatic heterocycles. The molecule has 0 fully saturated rings. The lowest BCUT2D eigenvalue weighted by atomic mass is 9.90. The van der Waals surface area contributed by atoms with Crippen LogP contribution in [0, 0.1) is 11.3 Å². The summed E-state index contributed by atoms with van der Waals surface area (Å²) in [5, 5.41) is 0. The van der Waals surface area contributed by atoms with Crippen LogP contribution in [-0.2, 0) is 0 Å². The second-order valence-corrected chi connectivity index (χ2v) is 5.56. The number of hydrogen-bond donors (Lipinski definition) is 1. The Labute approximate surface area is 96.2 Å². The molecule has 0 aromatic carbocycles. The van der Waals surface area contributed by atoms with Crippen LogP contribution in [0.5, 0.6) is 0 Å². The lowest BCUT2D eigenvalue weighted by molar-refractivity contribution is 0.114. The molecule has 0 aliphatic rings. The van der Waals surface area contributed by atoms with E-state index in [0.717, 1.165) is 25.6 Å². The van der Waals surface area contributed by atoms with Gasteiger partial charge in [-0.1, -0.05) is 41.0 Å². The maximum atomic E-state index is 5.79. The lowest BCUT2D eigenvalue weighted by Crippen LogP contribution is -2.45.